The van der Waals surface area contributed by atoms with Crippen LogP contribution in [0.3, 0.4) is 0 Å². The second-order valence-electron chi connectivity index (χ2n) is 4.30. The Kier molecular flexibility index (Phi) is 3.41. The highest BCUT2D eigenvalue weighted by molar-refractivity contribution is 7.07. The van der Waals surface area contributed by atoms with Crippen molar-refractivity contribution >= 4 is 17.2 Å². The van der Waals surface area contributed by atoms with Gasteiger partial charge in [-0.15, -0.1) is 11.3 Å². The van der Waals surface area contributed by atoms with E-state index in [9.17, 15) is 4.79 Å². The van der Waals surface area contributed by atoms with E-state index in [1.165, 1.54) is 18.4 Å². The molecule has 3 rings (SSSR count). The molecule has 6 nitrogen and oxygen atoms in total. The van der Waals surface area contributed by atoms with E-state index in [0.717, 1.165) is 16.9 Å². The van der Waals surface area contributed by atoms with Crippen LogP contribution in [0, 0.1) is 0 Å². The van der Waals surface area contributed by atoms with Crippen LogP contribution in [0.4, 0.5) is 0 Å². The second-order valence-corrected chi connectivity index (χ2v) is 5.02. The van der Waals surface area contributed by atoms with Crippen molar-refractivity contribution in [2.45, 2.75) is 0 Å². The minimum absolute atomic E-state index is 0.355. The molecule has 0 saturated heterocycles. The third-order valence-electron chi connectivity index (χ3n) is 3.04. The Balaban J connectivity index is 1.99. The van der Waals surface area contributed by atoms with Crippen LogP contribution in [0.5, 0.6) is 5.75 Å². The van der Waals surface area contributed by atoms with Gasteiger partial charge in [-0.3, -0.25) is 4.79 Å². The first kappa shape index (κ1) is 13.3. The molecule has 0 atom stereocenters. The van der Waals surface area contributed by atoms with E-state index in [4.69, 9.17) is 10.5 Å². The van der Waals surface area contributed by atoms with Gasteiger partial charge in [0.25, 0.3) is 5.91 Å². The summed E-state index contributed by atoms with van der Waals surface area (Å²) in [5.74, 6) is 0.699. The van der Waals surface area contributed by atoms with Gasteiger partial charge in [0, 0.05) is 17.1 Å². The number of carbonyl (C=O) groups is 1. The highest BCUT2D eigenvalue weighted by atomic mass is 32.1. The zero-order valence-electron chi connectivity index (χ0n) is 11.2. The number of rotatable bonds is 4. The Morgan fingerprint density at radius 1 is 1.38 bits per heavy atom. The molecule has 0 unspecified atom stereocenters. The summed E-state index contributed by atoms with van der Waals surface area (Å²) in [5, 5.41) is 6.19. The molecular formula is C14H12N4O2S. The first-order valence-electron chi connectivity index (χ1n) is 6.10. The van der Waals surface area contributed by atoms with Crippen LogP contribution in [0.25, 0.3) is 16.9 Å². The van der Waals surface area contributed by atoms with E-state index in [0.29, 0.717) is 11.3 Å². The van der Waals surface area contributed by atoms with Crippen molar-refractivity contribution < 1.29 is 9.53 Å². The highest BCUT2D eigenvalue weighted by Crippen LogP contribution is 2.27. The third kappa shape index (κ3) is 2.50. The molecular weight excluding hydrogens is 288 g/mol. The fourth-order valence-corrected chi connectivity index (χ4v) is 2.51. The van der Waals surface area contributed by atoms with Gasteiger partial charge in [0.1, 0.15) is 5.75 Å². The Morgan fingerprint density at radius 3 is 2.90 bits per heavy atom. The maximum Gasteiger partial charge on any atom is 0.252 e. The van der Waals surface area contributed by atoms with Crippen molar-refractivity contribution in [2.24, 2.45) is 5.73 Å². The summed E-state index contributed by atoms with van der Waals surface area (Å²) in [7, 11) is 1.50. The topological polar surface area (TPSA) is 83.0 Å². The lowest BCUT2D eigenvalue weighted by atomic mass is 10.1. The van der Waals surface area contributed by atoms with Crippen LogP contribution in [0.15, 0.2) is 41.5 Å². The lowest BCUT2D eigenvalue weighted by molar-refractivity contribution is 0.0997. The van der Waals surface area contributed by atoms with Gasteiger partial charge >= 0.3 is 0 Å². The molecule has 2 aromatic heterocycles. The number of hydrogen-bond donors (Lipinski definition) is 1. The second kappa shape index (κ2) is 5.37. The van der Waals surface area contributed by atoms with Crippen molar-refractivity contribution in [1.82, 2.24) is 14.8 Å². The van der Waals surface area contributed by atoms with Crippen LogP contribution >= 0.6 is 11.3 Å². The number of thiazole rings is 1. The molecule has 0 bridgehead atoms. The SMILES string of the molecule is COc1cc(-c2cnn(-c3cscn3)c2)ccc1C(N)=O. The molecule has 0 aliphatic heterocycles. The summed E-state index contributed by atoms with van der Waals surface area (Å²) in [6, 6.07) is 5.23. The number of ether oxygens (including phenoxy) is 1. The lowest BCUT2D eigenvalue weighted by Crippen LogP contribution is -2.12. The van der Waals surface area contributed by atoms with E-state index in [2.05, 4.69) is 10.1 Å². The zero-order valence-corrected chi connectivity index (χ0v) is 12.0. The molecule has 1 amide bonds. The Hall–Kier alpha value is -2.67. The van der Waals surface area contributed by atoms with Gasteiger partial charge in [-0.1, -0.05) is 6.07 Å². The summed E-state index contributed by atoms with van der Waals surface area (Å²) in [4.78, 5) is 15.5. The van der Waals surface area contributed by atoms with Crippen LogP contribution in [-0.4, -0.2) is 27.8 Å². The maximum absolute atomic E-state index is 11.3. The zero-order chi connectivity index (χ0) is 14.8. The van der Waals surface area contributed by atoms with Crippen LogP contribution in [-0.2, 0) is 0 Å². The monoisotopic (exact) mass is 300 g/mol. The number of methoxy groups -OCH3 is 1. The fraction of sp³-hybridized carbons (Fsp3) is 0.0714. The molecule has 3 aromatic rings. The number of amides is 1. The van der Waals surface area contributed by atoms with Gasteiger partial charge in [0.15, 0.2) is 5.82 Å². The minimum Gasteiger partial charge on any atom is -0.496 e. The van der Waals surface area contributed by atoms with E-state index in [1.54, 1.807) is 28.5 Å². The number of nitrogens with two attached hydrogens (primary N) is 1. The maximum atomic E-state index is 11.3. The van der Waals surface area contributed by atoms with Gasteiger partial charge in [0.05, 0.1) is 24.4 Å². The Bertz CT molecular complexity index is 780. The Labute approximate surface area is 124 Å². The van der Waals surface area contributed by atoms with Crippen LogP contribution in [0.1, 0.15) is 10.4 Å². The van der Waals surface area contributed by atoms with Crippen molar-refractivity contribution in [3.8, 4) is 22.7 Å². The first-order valence-corrected chi connectivity index (χ1v) is 7.05. The van der Waals surface area contributed by atoms with Gasteiger partial charge in [0.2, 0.25) is 0 Å². The van der Waals surface area contributed by atoms with E-state index in [1.807, 2.05) is 17.6 Å². The predicted molar refractivity (Wildman–Crippen MR) is 79.7 cm³/mol. The summed E-state index contributed by atoms with van der Waals surface area (Å²) < 4.78 is 6.90. The average Bonchev–Trinajstić information content (AvgIpc) is 3.17. The number of nitrogens with zero attached hydrogens (tertiary/aromatic N) is 3. The van der Waals surface area contributed by atoms with Gasteiger partial charge in [-0.05, 0) is 17.7 Å². The van der Waals surface area contributed by atoms with Gasteiger partial charge in [-0.25, -0.2) is 9.67 Å². The van der Waals surface area contributed by atoms with Crippen LogP contribution < -0.4 is 10.5 Å². The molecule has 0 aliphatic rings. The van der Waals surface area contributed by atoms with Crippen molar-refractivity contribution in [1.29, 1.82) is 0 Å². The highest BCUT2D eigenvalue weighted by Gasteiger charge is 2.11. The molecule has 0 saturated carbocycles. The van der Waals surface area contributed by atoms with Gasteiger partial charge < -0.3 is 10.5 Å². The largest absolute Gasteiger partial charge is 0.496 e. The first-order chi connectivity index (χ1) is 10.2. The van der Waals surface area contributed by atoms with Crippen molar-refractivity contribution in [3.63, 3.8) is 0 Å². The number of carbonyl (C=O) groups excluding carboxylic acids is 1. The molecule has 0 radical (unpaired) electrons. The molecule has 1 aromatic carbocycles. The number of primary amides is 1. The van der Waals surface area contributed by atoms with E-state index < -0.39 is 5.91 Å². The fourth-order valence-electron chi connectivity index (χ4n) is 1.99. The standard InChI is InChI=1S/C14H12N4O2S/c1-20-12-4-9(2-3-11(12)14(15)19)10-5-17-18(6-10)13-7-21-8-16-13/h2-8H,1H3,(H2,15,19). The third-order valence-corrected chi connectivity index (χ3v) is 3.61. The van der Waals surface area contributed by atoms with Gasteiger partial charge in [-0.2, -0.15) is 5.10 Å². The summed E-state index contributed by atoms with van der Waals surface area (Å²) >= 11 is 1.51. The van der Waals surface area contributed by atoms with Crippen LogP contribution in [0.2, 0.25) is 0 Å². The predicted octanol–water partition coefficient (Wildman–Crippen LogP) is 2.10. The lowest BCUT2D eigenvalue weighted by Gasteiger charge is -2.07. The summed E-state index contributed by atoms with van der Waals surface area (Å²) in [5.41, 5.74) is 9.20. The quantitative estimate of drug-likeness (QED) is 0.800. The number of benzene rings is 1. The molecule has 21 heavy (non-hydrogen) atoms. The Morgan fingerprint density at radius 2 is 2.24 bits per heavy atom. The van der Waals surface area contributed by atoms with E-state index in [-0.39, 0.29) is 0 Å². The number of aromatic nitrogens is 3. The normalized spacial score (nSPS) is 10.5. The smallest absolute Gasteiger partial charge is 0.252 e. The van der Waals surface area contributed by atoms with E-state index >= 15 is 0 Å². The molecule has 0 fully saturated rings. The number of hydrogen-bond acceptors (Lipinski definition) is 5. The van der Waals surface area contributed by atoms with Crippen molar-refractivity contribution in [2.75, 3.05) is 7.11 Å². The molecule has 7 heteroatoms. The minimum atomic E-state index is -0.517. The molecule has 2 heterocycles. The average molecular weight is 300 g/mol. The molecule has 106 valence electrons. The molecule has 0 aliphatic carbocycles. The summed E-state index contributed by atoms with van der Waals surface area (Å²) in [6.45, 7) is 0. The molecule has 0 spiro atoms. The van der Waals surface area contributed by atoms with Crippen molar-refractivity contribution in [3.05, 3.63) is 47.0 Å². The molecule has 2 N–H and O–H groups in total. The summed E-state index contributed by atoms with van der Waals surface area (Å²) in [6.07, 6.45) is 3.60.